The van der Waals surface area contributed by atoms with Gasteiger partial charge < -0.3 is 15.8 Å². The molecule has 0 saturated heterocycles. The summed E-state index contributed by atoms with van der Waals surface area (Å²) < 4.78 is 5.25. The van der Waals surface area contributed by atoms with Crippen LogP contribution in [-0.2, 0) is 9.53 Å². The number of carbonyl (C=O) groups excluding carboxylic acids is 4. The van der Waals surface area contributed by atoms with E-state index in [2.05, 4.69) is 5.32 Å². The lowest BCUT2D eigenvalue weighted by molar-refractivity contribution is -0.123. The van der Waals surface area contributed by atoms with Crippen LogP contribution in [0.15, 0.2) is 66.7 Å². The molecule has 1 aliphatic rings. The number of nitrogens with one attached hydrogen (secondary N) is 1. The van der Waals surface area contributed by atoms with Crippen LogP contribution in [0, 0.1) is 0 Å². The number of hydrogen-bond acceptors (Lipinski definition) is 6. The molecular weight excluding hydrogens is 396 g/mol. The lowest BCUT2D eigenvalue weighted by Crippen LogP contribution is -2.30. The highest BCUT2D eigenvalue weighted by atomic mass is 16.5. The van der Waals surface area contributed by atoms with Crippen LogP contribution in [0.5, 0.6) is 0 Å². The lowest BCUT2D eigenvalue weighted by atomic mass is 9.82. The third-order valence-corrected chi connectivity index (χ3v) is 5.05. The van der Waals surface area contributed by atoms with E-state index < -0.39 is 23.8 Å². The van der Waals surface area contributed by atoms with Gasteiger partial charge in [-0.05, 0) is 31.2 Å². The second kappa shape index (κ2) is 7.87. The zero-order valence-electron chi connectivity index (χ0n) is 16.5. The molecule has 1 amide bonds. The van der Waals surface area contributed by atoms with Gasteiger partial charge in [-0.25, -0.2) is 4.79 Å². The molecule has 0 fully saturated rings. The molecule has 7 nitrogen and oxygen atoms in total. The number of fused-ring (bicyclic) bond motifs is 2. The van der Waals surface area contributed by atoms with Crippen LogP contribution < -0.4 is 11.1 Å². The van der Waals surface area contributed by atoms with Gasteiger partial charge in [0.2, 0.25) is 0 Å². The van der Waals surface area contributed by atoms with Crippen LogP contribution in [0.25, 0.3) is 0 Å². The number of nitrogen functional groups attached to an aromatic ring is 1. The average molecular weight is 414 g/mol. The van der Waals surface area contributed by atoms with Gasteiger partial charge in [0, 0.05) is 22.4 Å². The average Bonchev–Trinajstić information content (AvgIpc) is 2.77. The van der Waals surface area contributed by atoms with Gasteiger partial charge in [0.25, 0.3) is 5.91 Å². The molecule has 0 aromatic heterocycles. The molecule has 4 rings (SSSR count). The van der Waals surface area contributed by atoms with Gasteiger partial charge in [-0.15, -0.1) is 0 Å². The van der Waals surface area contributed by atoms with Crippen molar-refractivity contribution in [3.05, 3.63) is 94.5 Å². The lowest BCUT2D eigenvalue weighted by Gasteiger charge is -2.20. The first-order chi connectivity index (χ1) is 14.9. The number of carbonyl (C=O) groups is 4. The van der Waals surface area contributed by atoms with Crippen LogP contribution in [-0.4, -0.2) is 29.5 Å². The van der Waals surface area contributed by atoms with Crippen LogP contribution >= 0.6 is 0 Å². The van der Waals surface area contributed by atoms with E-state index in [9.17, 15) is 19.2 Å². The zero-order chi connectivity index (χ0) is 22.1. The van der Waals surface area contributed by atoms with Gasteiger partial charge in [0.1, 0.15) is 0 Å². The Morgan fingerprint density at radius 3 is 2.13 bits per heavy atom. The summed E-state index contributed by atoms with van der Waals surface area (Å²) in [6.45, 7) is 1.43. The van der Waals surface area contributed by atoms with Crippen LogP contribution in [0.2, 0.25) is 0 Å². The molecule has 1 aliphatic carbocycles. The molecular formula is C24H18N2O5. The van der Waals surface area contributed by atoms with Crippen LogP contribution in [0.4, 0.5) is 11.4 Å². The number of para-hydroxylation sites is 1. The van der Waals surface area contributed by atoms with Crippen molar-refractivity contribution in [2.75, 3.05) is 11.1 Å². The Morgan fingerprint density at radius 1 is 0.839 bits per heavy atom. The van der Waals surface area contributed by atoms with Crippen molar-refractivity contribution in [2.24, 2.45) is 0 Å². The second-order valence-corrected chi connectivity index (χ2v) is 7.06. The summed E-state index contributed by atoms with van der Waals surface area (Å²) in [6, 6.07) is 17.9. The fourth-order valence-electron chi connectivity index (χ4n) is 3.43. The quantitative estimate of drug-likeness (QED) is 0.391. The highest BCUT2D eigenvalue weighted by molar-refractivity contribution is 6.30. The van der Waals surface area contributed by atoms with E-state index >= 15 is 0 Å². The highest BCUT2D eigenvalue weighted by Gasteiger charge is 2.33. The summed E-state index contributed by atoms with van der Waals surface area (Å²) in [6.07, 6.45) is -1.11. The molecule has 31 heavy (non-hydrogen) atoms. The first kappa shape index (κ1) is 20.0. The van der Waals surface area contributed by atoms with Crippen molar-refractivity contribution in [3.8, 4) is 0 Å². The van der Waals surface area contributed by atoms with E-state index in [1.54, 1.807) is 48.5 Å². The monoisotopic (exact) mass is 414 g/mol. The topological polar surface area (TPSA) is 116 Å². The van der Waals surface area contributed by atoms with Gasteiger partial charge in [0.05, 0.1) is 16.8 Å². The smallest absolute Gasteiger partial charge is 0.341 e. The van der Waals surface area contributed by atoms with E-state index in [0.717, 1.165) is 0 Å². The molecule has 3 aromatic carbocycles. The van der Waals surface area contributed by atoms with Crippen molar-refractivity contribution in [1.29, 1.82) is 0 Å². The Hall–Kier alpha value is -4.26. The van der Waals surface area contributed by atoms with Crippen LogP contribution in [0.1, 0.15) is 49.1 Å². The maximum Gasteiger partial charge on any atom is 0.341 e. The van der Waals surface area contributed by atoms with Gasteiger partial charge in [-0.3, -0.25) is 14.4 Å². The van der Waals surface area contributed by atoms with E-state index in [-0.39, 0.29) is 33.7 Å². The van der Waals surface area contributed by atoms with Crippen LogP contribution in [0.3, 0.4) is 0 Å². The second-order valence-electron chi connectivity index (χ2n) is 7.06. The molecule has 0 spiro atoms. The van der Waals surface area contributed by atoms with Crippen molar-refractivity contribution >= 4 is 34.8 Å². The predicted molar refractivity (Wildman–Crippen MR) is 114 cm³/mol. The largest absolute Gasteiger partial charge is 0.449 e. The number of hydrogen-bond donors (Lipinski definition) is 2. The first-order valence-electron chi connectivity index (χ1n) is 9.56. The van der Waals surface area contributed by atoms with Crippen molar-refractivity contribution in [1.82, 2.24) is 0 Å². The predicted octanol–water partition coefficient (Wildman–Crippen LogP) is 3.23. The SMILES string of the molecule is C[C@H](OC(=O)c1ccc2c(c1N)C(=O)c1ccccc1C2=O)C(=O)Nc1ccccc1. The minimum Gasteiger partial charge on any atom is -0.449 e. The number of amides is 1. The molecule has 0 unspecified atom stereocenters. The molecule has 0 saturated carbocycles. The maximum absolute atomic E-state index is 12.9. The van der Waals surface area contributed by atoms with Gasteiger partial charge >= 0.3 is 5.97 Å². The number of ketones is 2. The number of nitrogens with two attached hydrogens (primary N) is 1. The minimum atomic E-state index is -1.11. The third kappa shape index (κ3) is 3.57. The van der Waals surface area contributed by atoms with Gasteiger partial charge in [-0.2, -0.15) is 0 Å². The van der Waals surface area contributed by atoms with E-state index in [1.165, 1.54) is 19.1 Å². The van der Waals surface area contributed by atoms with Crippen molar-refractivity contribution in [2.45, 2.75) is 13.0 Å². The zero-order valence-corrected chi connectivity index (χ0v) is 16.5. The van der Waals surface area contributed by atoms with E-state index in [4.69, 9.17) is 10.5 Å². The molecule has 7 heteroatoms. The fourth-order valence-corrected chi connectivity index (χ4v) is 3.43. The first-order valence-corrected chi connectivity index (χ1v) is 9.56. The van der Waals surface area contributed by atoms with Crippen molar-refractivity contribution in [3.63, 3.8) is 0 Å². The fraction of sp³-hybridized carbons (Fsp3) is 0.0833. The Kier molecular flexibility index (Phi) is 5.09. The molecule has 3 N–H and O–H groups in total. The molecule has 0 radical (unpaired) electrons. The summed E-state index contributed by atoms with van der Waals surface area (Å²) in [5, 5.41) is 2.64. The summed E-state index contributed by atoms with van der Waals surface area (Å²) in [7, 11) is 0. The standard InChI is InChI=1S/C24H18N2O5/c1-13(23(29)26-14-7-3-2-4-8-14)31-24(30)18-12-11-17-19(20(18)25)22(28)16-10-6-5-9-15(16)21(17)27/h2-13H,25H2,1H3,(H,26,29)/t13-/m0/s1. The molecule has 1 atom stereocenters. The summed E-state index contributed by atoms with van der Waals surface area (Å²) in [4.78, 5) is 50.7. The minimum absolute atomic E-state index is 0.0282. The third-order valence-electron chi connectivity index (χ3n) is 5.05. The Labute approximate surface area is 177 Å². The Balaban J connectivity index is 1.58. The molecule has 0 bridgehead atoms. The number of esters is 1. The summed E-state index contributed by atoms with van der Waals surface area (Å²) in [5.74, 6) is -2.16. The van der Waals surface area contributed by atoms with Gasteiger partial charge in [0.15, 0.2) is 17.7 Å². The van der Waals surface area contributed by atoms with Crippen molar-refractivity contribution < 1.29 is 23.9 Å². The number of ether oxygens (including phenoxy) is 1. The summed E-state index contributed by atoms with van der Waals surface area (Å²) >= 11 is 0. The number of anilines is 2. The normalized spacial score (nSPS) is 13.1. The summed E-state index contributed by atoms with van der Waals surface area (Å²) in [5.41, 5.74) is 7.07. The van der Waals surface area contributed by atoms with E-state index in [0.29, 0.717) is 11.3 Å². The maximum atomic E-state index is 12.9. The Morgan fingerprint density at radius 2 is 1.45 bits per heavy atom. The molecule has 154 valence electrons. The molecule has 3 aromatic rings. The Bertz CT molecular complexity index is 1230. The molecule has 0 aliphatic heterocycles. The van der Waals surface area contributed by atoms with E-state index in [1.807, 2.05) is 6.07 Å². The number of benzene rings is 3. The number of rotatable bonds is 4. The van der Waals surface area contributed by atoms with Gasteiger partial charge in [-0.1, -0.05) is 42.5 Å². The molecule has 0 heterocycles. The highest BCUT2D eigenvalue weighted by Crippen LogP contribution is 2.33.